The van der Waals surface area contributed by atoms with Crippen LogP contribution in [0.15, 0.2) is 41.3 Å². The monoisotopic (exact) mass is 341 g/mol. The molecule has 0 aliphatic heterocycles. The molecule has 0 spiro atoms. The van der Waals surface area contributed by atoms with Gasteiger partial charge in [-0.3, -0.25) is 4.79 Å². The predicted octanol–water partition coefficient (Wildman–Crippen LogP) is 2.37. The molecule has 0 bridgehead atoms. The first-order valence-electron chi connectivity index (χ1n) is 8.48. The van der Waals surface area contributed by atoms with Crippen molar-refractivity contribution in [3.05, 3.63) is 58.3 Å². The molecule has 25 heavy (non-hydrogen) atoms. The summed E-state index contributed by atoms with van der Waals surface area (Å²) in [6.45, 7) is 2.59. The molecule has 7 nitrogen and oxygen atoms in total. The van der Waals surface area contributed by atoms with E-state index in [1.165, 1.54) is 0 Å². The fourth-order valence-corrected chi connectivity index (χ4v) is 2.96. The van der Waals surface area contributed by atoms with Crippen molar-refractivity contribution < 1.29 is 5.21 Å². The molecule has 0 saturated carbocycles. The molecular formula is C18H23N5O2. The number of hydroxylamine groups is 2. The van der Waals surface area contributed by atoms with Crippen molar-refractivity contribution in [1.82, 2.24) is 24.8 Å². The molecule has 3 rings (SSSR count). The van der Waals surface area contributed by atoms with Gasteiger partial charge in [0.15, 0.2) is 5.65 Å². The second-order valence-electron chi connectivity index (χ2n) is 6.23. The zero-order valence-electron chi connectivity index (χ0n) is 14.5. The predicted molar refractivity (Wildman–Crippen MR) is 95.8 cm³/mol. The average Bonchev–Trinajstić information content (AvgIpc) is 3.01. The summed E-state index contributed by atoms with van der Waals surface area (Å²) < 4.78 is 1.81. The maximum Gasteiger partial charge on any atom is 0.262 e. The van der Waals surface area contributed by atoms with Crippen molar-refractivity contribution >= 4 is 11.0 Å². The largest absolute Gasteiger partial charge is 0.314 e. The third-order valence-electron chi connectivity index (χ3n) is 4.33. The fourth-order valence-electron chi connectivity index (χ4n) is 2.96. The highest BCUT2D eigenvalue weighted by atomic mass is 16.5. The summed E-state index contributed by atoms with van der Waals surface area (Å²) in [6.07, 6.45) is 3.70. The number of H-pyrrole nitrogens is 1. The lowest BCUT2D eigenvalue weighted by Gasteiger charge is -2.18. The van der Waals surface area contributed by atoms with Crippen LogP contribution in [0, 0.1) is 0 Å². The molecule has 2 N–H and O–H groups in total. The molecule has 1 atom stereocenters. The number of aromatic amines is 1. The van der Waals surface area contributed by atoms with Gasteiger partial charge in [0.2, 0.25) is 0 Å². The highest BCUT2D eigenvalue weighted by molar-refractivity contribution is 5.73. The van der Waals surface area contributed by atoms with Crippen LogP contribution in [0.4, 0.5) is 0 Å². The number of rotatable bonds is 7. The Morgan fingerprint density at radius 2 is 2.08 bits per heavy atom. The van der Waals surface area contributed by atoms with Crippen LogP contribution in [0.2, 0.25) is 0 Å². The topological polar surface area (TPSA) is 87.0 Å². The number of nitrogens with one attached hydrogen (secondary N) is 1. The average molecular weight is 341 g/mol. The van der Waals surface area contributed by atoms with Gasteiger partial charge in [-0.25, -0.2) is 9.67 Å². The Morgan fingerprint density at radius 3 is 2.76 bits per heavy atom. The fraction of sp³-hybridized carbons (Fsp3) is 0.389. The number of hydrogen-bond donors (Lipinski definition) is 2. The SMILES string of the molecule is CCC(CCN(C)O)n1ncc2c(=O)[nH]c(Cc3ccccc3)nc21. The van der Waals surface area contributed by atoms with Gasteiger partial charge in [0.25, 0.3) is 5.56 Å². The van der Waals surface area contributed by atoms with E-state index in [1.807, 2.05) is 35.0 Å². The third kappa shape index (κ3) is 3.94. The lowest BCUT2D eigenvalue weighted by atomic mass is 10.1. The number of benzene rings is 1. The minimum Gasteiger partial charge on any atom is -0.314 e. The Kier molecular flexibility index (Phi) is 5.25. The van der Waals surface area contributed by atoms with Crippen LogP contribution in [-0.2, 0) is 6.42 Å². The molecule has 0 saturated heterocycles. The number of fused-ring (bicyclic) bond motifs is 1. The second kappa shape index (κ2) is 7.58. The normalized spacial score (nSPS) is 12.8. The van der Waals surface area contributed by atoms with E-state index in [2.05, 4.69) is 22.0 Å². The van der Waals surface area contributed by atoms with Gasteiger partial charge in [-0.2, -0.15) is 10.2 Å². The maximum atomic E-state index is 12.4. The van der Waals surface area contributed by atoms with E-state index in [4.69, 9.17) is 0 Å². The zero-order valence-corrected chi connectivity index (χ0v) is 14.5. The van der Waals surface area contributed by atoms with Crippen molar-refractivity contribution in [2.45, 2.75) is 32.2 Å². The Hall–Kier alpha value is -2.51. The van der Waals surface area contributed by atoms with Crippen LogP contribution < -0.4 is 5.56 Å². The van der Waals surface area contributed by atoms with Crippen molar-refractivity contribution in [3.63, 3.8) is 0 Å². The first-order chi connectivity index (χ1) is 12.1. The van der Waals surface area contributed by atoms with E-state index in [-0.39, 0.29) is 11.6 Å². The quantitative estimate of drug-likeness (QED) is 0.644. The number of aromatic nitrogens is 4. The Balaban J connectivity index is 1.96. The van der Waals surface area contributed by atoms with Gasteiger partial charge in [0.05, 0.1) is 12.2 Å². The number of hydrogen-bond acceptors (Lipinski definition) is 5. The summed E-state index contributed by atoms with van der Waals surface area (Å²) >= 11 is 0. The van der Waals surface area contributed by atoms with Crippen molar-refractivity contribution in [2.75, 3.05) is 13.6 Å². The van der Waals surface area contributed by atoms with E-state index in [9.17, 15) is 10.0 Å². The van der Waals surface area contributed by atoms with Gasteiger partial charge in [-0.15, -0.1) is 0 Å². The van der Waals surface area contributed by atoms with Crippen LogP contribution in [0.25, 0.3) is 11.0 Å². The lowest BCUT2D eigenvalue weighted by molar-refractivity contribution is -0.0679. The van der Waals surface area contributed by atoms with Gasteiger partial charge in [0, 0.05) is 20.0 Å². The molecule has 1 unspecified atom stereocenters. The number of nitrogens with zero attached hydrogens (tertiary/aromatic N) is 4. The van der Waals surface area contributed by atoms with Gasteiger partial charge >= 0.3 is 0 Å². The zero-order chi connectivity index (χ0) is 17.8. The lowest BCUT2D eigenvalue weighted by Crippen LogP contribution is -2.21. The highest BCUT2D eigenvalue weighted by Gasteiger charge is 2.17. The molecular weight excluding hydrogens is 318 g/mol. The van der Waals surface area contributed by atoms with Crippen LogP contribution in [0.3, 0.4) is 0 Å². The van der Waals surface area contributed by atoms with E-state index in [1.54, 1.807) is 13.2 Å². The Morgan fingerprint density at radius 1 is 1.32 bits per heavy atom. The summed E-state index contributed by atoms with van der Waals surface area (Å²) in [5.41, 5.74) is 1.52. The summed E-state index contributed by atoms with van der Waals surface area (Å²) in [5.74, 6) is 0.625. The van der Waals surface area contributed by atoms with Gasteiger partial charge in [-0.1, -0.05) is 37.3 Å². The molecule has 1 aromatic carbocycles. The molecule has 0 fully saturated rings. The van der Waals surface area contributed by atoms with Crippen LogP contribution in [0.5, 0.6) is 0 Å². The maximum absolute atomic E-state index is 12.4. The molecule has 0 aliphatic rings. The van der Waals surface area contributed by atoms with E-state index >= 15 is 0 Å². The van der Waals surface area contributed by atoms with E-state index in [0.29, 0.717) is 29.8 Å². The Labute approximate surface area is 145 Å². The summed E-state index contributed by atoms with van der Waals surface area (Å²) in [5, 5.41) is 15.4. The molecule has 0 aliphatic carbocycles. The standard InChI is InChI=1S/C18H23N5O2/c1-3-14(9-10-22(2)25)23-17-15(12-19-23)18(24)21-16(20-17)11-13-7-5-4-6-8-13/h4-8,12,14,25H,3,9-11H2,1-2H3,(H,20,21,24). The molecule has 0 amide bonds. The second-order valence-corrected chi connectivity index (χ2v) is 6.23. The molecule has 2 heterocycles. The summed E-state index contributed by atoms with van der Waals surface area (Å²) in [7, 11) is 1.62. The molecule has 7 heteroatoms. The van der Waals surface area contributed by atoms with Crippen molar-refractivity contribution in [1.29, 1.82) is 0 Å². The Bertz CT molecular complexity index is 885. The van der Waals surface area contributed by atoms with Crippen LogP contribution >= 0.6 is 0 Å². The van der Waals surface area contributed by atoms with Gasteiger partial charge in [0.1, 0.15) is 11.2 Å². The van der Waals surface area contributed by atoms with Gasteiger partial charge < -0.3 is 10.2 Å². The van der Waals surface area contributed by atoms with Gasteiger partial charge in [-0.05, 0) is 18.4 Å². The third-order valence-corrected chi connectivity index (χ3v) is 4.33. The van der Waals surface area contributed by atoms with Crippen molar-refractivity contribution in [2.24, 2.45) is 0 Å². The van der Waals surface area contributed by atoms with Crippen molar-refractivity contribution in [3.8, 4) is 0 Å². The summed E-state index contributed by atoms with van der Waals surface area (Å²) in [6, 6.07) is 9.98. The molecule has 0 radical (unpaired) electrons. The van der Waals surface area contributed by atoms with Crippen LogP contribution in [0.1, 0.15) is 37.2 Å². The molecule has 132 valence electrons. The minimum absolute atomic E-state index is 0.0750. The minimum atomic E-state index is -0.170. The summed E-state index contributed by atoms with van der Waals surface area (Å²) in [4.78, 5) is 19.9. The van der Waals surface area contributed by atoms with E-state index < -0.39 is 0 Å². The first kappa shape index (κ1) is 17.3. The molecule has 2 aromatic heterocycles. The smallest absolute Gasteiger partial charge is 0.262 e. The van der Waals surface area contributed by atoms with E-state index in [0.717, 1.165) is 23.5 Å². The first-order valence-corrected chi connectivity index (χ1v) is 8.48. The van der Waals surface area contributed by atoms with Crippen LogP contribution in [-0.4, -0.2) is 43.6 Å². The highest BCUT2D eigenvalue weighted by Crippen LogP contribution is 2.20. The molecule has 3 aromatic rings.